The topological polar surface area (TPSA) is 29.1 Å². The van der Waals surface area contributed by atoms with Crippen molar-refractivity contribution in [1.82, 2.24) is 5.32 Å². The van der Waals surface area contributed by atoms with Gasteiger partial charge in [0.25, 0.3) is 0 Å². The molecular weight excluding hydrogens is 162 g/mol. The summed E-state index contributed by atoms with van der Waals surface area (Å²) in [7, 11) is 0. The number of piperidine rings is 1. The van der Waals surface area contributed by atoms with E-state index >= 15 is 0 Å². The number of ketones is 1. The molecule has 0 aromatic carbocycles. The Morgan fingerprint density at radius 2 is 2.00 bits per heavy atom. The molecule has 0 unspecified atom stereocenters. The fourth-order valence-corrected chi connectivity index (χ4v) is 1.90. The number of unbranched alkanes of at least 4 members (excludes halogenated alkanes) is 2. The van der Waals surface area contributed by atoms with Gasteiger partial charge in [0.2, 0.25) is 0 Å². The number of nitrogens with one attached hydrogen (secondary N) is 1. The molecule has 76 valence electrons. The van der Waals surface area contributed by atoms with Gasteiger partial charge in [-0.2, -0.15) is 0 Å². The Morgan fingerprint density at radius 3 is 2.62 bits per heavy atom. The lowest BCUT2D eigenvalue weighted by Gasteiger charge is -2.21. The summed E-state index contributed by atoms with van der Waals surface area (Å²) in [6, 6.07) is 0. The molecule has 2 heteroatoms. The van der Waals surface area contributed by atoms with Gasteiger partial charge in [-0.15, -0.1) is 0 Å². The number of rotatable bonds is 5. The van der Waals surface area contributed by atoms with Crippen molar-refractivity contribution in [1.29, 1.82) is 0 Å². The summed E-state index contributed by atoms with van der Waals surface area (Å²) in [6.45, 7) is 4.24. The van der Waals surface area contributed by atoms with Crippen LogP contribution in [0.5, 0.6) is 0 Å². The van der Waals surface area contributed by atoms with Crippen LogP contribution in [0.1, 0.15) is 45.4 Å². The third kappa shape index (κ3) is 3.90. The predicted molar refractivity (Wildman–Crippen MR) is 54.7 cm³/mol. The second kappa shape index (κ2) is 6.14. The van der Waals surface area contributed by atoms with Gasteiger partial charge in [0, 0.05) is 12.3 Å². The third-order valence-corrected chi connectivity index (χ3v) is 2.82. The molecule has 0 amide bonds. The summed E-state index contributed by atoms with van der Waals surface area (Å²) in [6.07, 6.45) is 6.45. The average molecular weight is 183 g/mol. The fourth-order valence-electron chi connectivity index (χ4n) is 1.90. The second-order valence-corrected chi connectivity index (χ2v) is 3.95. The molecule has 0 aromatic rings. The maximum absolute atomic E-state index is 11.6. The maximum Gasteiger partial charge on any atom is 0.136 e. The summed E-state index contributed by atoms with van der Waals surface area (Å²) in [5.74, 6) is 0.882. The smallest absolute Gasteiger partial charge is 0.136 e. The molecule has 1 N–H and O–H groups in total. The zero-order valence-electron chi connectivity index (χ0n) is 8.64. The Hall–Kier alpha value is -0.370. The van der Waals surface area contributed by atoms with Crippen LogP contribution in [0.2, 0.25) is 0 Å². The predicted octanol–water partition coefficient (Wildman–Crippen LogP) is 2.14. The van der Waals surface area contributed by atoms with Gasteiger partial charge in [-0.25, -0.2) is 0 Å². The van der Waals surface area contributed by atoms with Crippen molar-refractivity contribution in [2.75, 3.05) is 13.1 Å². The first-order valence-electron chi connectivity index (χ1n) is 5.58. The standard InChI is InChI=1S/C11H21NO/c1-2-3-4-5-11(13)10-6-8-12-9-7-10/h10,12H,2-9H2,1H3. The Bertz CT molecular complexity index is 150. The van der Waals surface area contributed by atoms with Crippen molar-refractivity contribution in [3.8, 4) is 0 Å². The molecule has 1 rings (SSSR count). The van der Waals surface area contributed by atoms with Crippen molar-refractivity contribution in [2.45, 2.75) is 45.4 Å². The molecule has 0 spiro atoms. The molecule has 1 heterocycles. The quantitative estimate of drug-likeness (QED) is 0.662. The van der Waals surface area contributed by atoms with E-state index in [9.17, 15) is 4.79 Å². The van der Waals surface area contributed by atoms with Gasteiger partial charge in [-0.3, -0.25) is 4.79 Å². The zero-order chi connectivity index (χ0) is 9.52. The highest BCUT2D eigenvalue weighted by molar-refractivity contribution is 5.81. The highest BCUT2D eigenvalue weighted by Gasteiger charge is 2.19. The van der Waals surface area contributed by atoms with E-state index in [0.29, 0.717) is 11.7 Å². The third-order valence-electron chi connectivity index (χ3n) is 2.82. The first kappa shape index (κ1) is 10.7. The first-order chi connectivity index (χ1) is 6.34. The van der Waals surface area contributed by atoms with Gasteiger partial charge in [-0.1, -0.05) is 19.8 Å². The molecule has 1 aliphatic heterocycles. The normalized spacial score (nSPS) is 18.8. The fraction of sp³-hybridized carbons (Fsp3) is 0.909. The van der Waals surface area contributed by atoms with E-state index in [1.807, 2.05) is 0 Å². The van der Waals surface area contributed by atoms with Gasteiger partial charge >= 0.3 is 0 Å². The van der Waals surface area contributed by atoms with E-state index in [0.717, 1.165) is 38.8 Å². The van der Waals surface area contributed by atoms with Crippen molar-refractivity contribution < 1.29 is 4.79 Å². The second-order valence-electron chi connectivity index (χ2n) is 3.95. The molecule has 1 fully saturated rings. The lowest BCUT2D eigenvalue weighted by atomic mass is 9.91. The van der Waals surface area contributed by atoms with E-state index in [1.165, 1.54) is 12.8 Å². The molecule has 0 aromatic heterocycles. The molecule has 0 atom stereocenters. The monoisotopic (exact) mass is 183 g/mol. The molecule has 13 heavy (non-hydrogen) atoms. The van der Waals surface area contributed by atoms with Crippen LogP contribution in [0.25, 0.3) is 0 Å². The van der Waals surface area contributed by atoms with Crippen LogP contribution in [-0.4, -0.2) is 18.9 Å². The lowest BCUT2D eigenvalue weighted by Crippen LogP contribution is -2.31. The Labute approximate surface area is 81.1 Å². The van der Waals surface area contributed by atoms with Crippen LogP contribution in [-0.2, 0) is 4.79 Å². The van der Waals surface area contributed by atoms with E-state index in [1.54, 1.807) is 0 Å². The van der Waals surface area contributed by atoms with E-state index in [4.69, 9.17) is 0 Å². The van der Waals surface area contributed by atoms with Crippen LogP contribution in [0.15, 0.2) is 0 Å². The van der Waals surface area contributed by atoms with Crippen LogP contribution >= 0.6 is 0 Å². The van der Waals surface area contributed by atoms with E-state index in [-0.39, 0.29) is 0 Å². The van der Waals surface area contributed by atoms with Crippen LogP contribution < -0.4 is 5.32 Å². The minimum Gasteiger partial charge on any atom is -0.317 e. The Morgan fingerprint density at radius 1 is 1.31 bits per heavy atom. The highest BCUT2D eigenvalue weighted by Crippen LogP contribution is 2.16. The van der Waals surface area contributed by atoms with Crippen LogP contribution in [0.4, 0.5) is 0 Å². The molecule has 0 bridgehead atoms. The number of carbonyl (C=O) groups is 1. The molecule has 1 aliphatic rings. The summed E-state index contributed by atoms with van der Waals surface area (Å²) >= 11 is 0. The minimum atomic E-state index is 0.373. The lowest BCUT2D eigenvalue weighted by molar-refractivity contribution is -0.123. The van der Waals surface area contributed by atoms with E-state index in [2.05, 4.69) is 12.2 Å². The SMILES string of the molecule is CCCCCC(=O)C1CCNCC1. The van der Waals surface area contributed by atoms with Crippen LogP contribution in [0, 0.1) is 5.92 Å². The minimum absolute atomic E-state index is 0.373. The summed E-state index contributed by atoms with van der Waals surface area (Å²) in [5, 5.41) is 3.28. The summed E-state index contributed by atoms with van der Waals surface area (Å²) in [4.78, 5) is 11.6. The van der Waals surface area contributed by atoms with E-state index < -0.39 is 0 Å². The van der Waals surface area contributed by atoms with Crippen LogP contribution in [0.3, 0.4) is 0 Å². The van der Waals surface area contributed by atoms with Gasteiger partial charge in [-0.05, 0) is 32.4 Å². The van der Waals surface area contributed by atoms with Gasteiger partial charge in [0.15, 0.2) is 0 Å². The zero-order valence-corrected chi connectivity index (χ0v) is 8.64. The van der Waals surface area contributed by atoms with Gasteiger partial charge < -0.3 is 5.32 Å². The van der Waals surface area contributed by atoms with Crippen molar-refractivity contribution in [2.24, 2.45) is 5.92 Å². The van der Waals surface area contributed by atoms with Crippen molar-refractivity contribution in [3.63, 3.8) is 0 Å². The Balaban J connectivity index is 2.13. The summed E-state index contributed by atoms with van der Waals surface area (Å²) < 4.78 is 0. The number of carbonyl (C=O) groups excluding carboxylic acids is 1. The number of hydrogen-bond donors (Lipinski definition) is 1. The number of hydrogen-bond acceptors (Lipinski definition) is 2. The van der Waals surface area contributed by atoms with Gasteiger partial charge in [0.1, 0.15) is 5.78 Å². The van der Waals surface area contributed by atoms with Crippen molar-refractivity contribution >= 4 is 5.78 Å². The maximum atomic E-state index is 11.6. The Kier molecular flexibility index (Phi) is 5.06. The van der Waals surface area contributed by atoms with Gasteiger partial charge in [0.05, 0.1) is 0 Å². The largest absolute Gasteiger partial charge is 0.317 e. The molecule has 0 saturated carbocycles. The molecular formula is C11H21NO. The number of Topliss-reactive ketones (excluding diaryl/α,β-unsaturated/α-hetero) is 1. The first-order valence-corrected chi connectivity index (χ1v) is 5.58. The highest BCUT2D eigenvalue weighted by atomic mass is 16.1. The molecule has 2 nitrogen and oxygen atoms in total. The van der Waals surface area contributed by atoms with Crippen molar-refractivity contribution in [3.05, 3.63) is 0 Å². The summed E-state index contributed by atoms with van der Waals surface area (Å²) in [5.41, 5.74) is 0. The molecule has 1 saturated heterocycles. The molecule has 0 radical (unpaired) electrons. The molecule has 0 aliphatic carbocycles. The average Bonchev–Trinajstić information content (AvgIpc) is 2.19.